The Morgan fingerprint density at radius 2 is 2.26 bits per heavy atom. The van der Waals surface area contributed by atoms with Crippen LogP contribution in [0.5, 0.6) is 0 Å². The molecule has 0 amide bonds. The standard InChI is InChI=1S/C14H22BrN3O/c1-9-12(15)11(18(2)17-9)7-14(8-16)5-6-19-13(14)10-3-4-10/h10,13H,3-8,16H2,1-2H3. The van der Waals surface area contributed by atoms with Crippen molar-refractivity contribution in [3.63, 3.8) is 0 Å². The zero-order valence-corrected chi connectivity index (χ0v) is 13.2. The van der Waals surface area contributed by atoms with Gasteiger partial charge in [0.05, 0.1) is 22.0 Å². The van der Waals surface area contributed by atoms with Crippen LogP contribution in [0.4, 0.5) is 0 Å². The van der Waals surface area contributed by atoms with Gasteiger partial charge in [-0.05, 0) is 54.5 Å². The van der Waals surface area contributed by atoms with Gasteiger partial charge in [0.2, 0.25) is 0 Å². The average Bonchev–Trinajstić information content (AvgIpc) is 3.11. The summed E-state index contributed by atoms with van der Waals surface area (Å²) < 4.78 is 9.13. The summed E-state index contributed by atoms with van der Waals surface area (Å²) in [7, 11) is 2.01. The van der Waals surface area contributed by atoms with Gasteiger partial charge in [0.15, 0.2) is 0 Å². The molecule has 2 unspecified atom stereocenters. The van der Waals surface area contributed by atoms with Crippen molar-refractivity contribution in [2.75, 3.05) is 13.2 Å². The smallest absolute Gasteiger partial charge is 0.0738 e. The van der Waals surface area contributed by atoms with E-state index in [1.165, 1.54) is 18.5 Å². The fraction of sp³-hybridized carbons (Fsp3) is 0.786. The summed E-state index contributed by atoms with van der Waals surface area (Å²) in [6.45, 7) is 3.59. The molecule has 19 heavy (non-hydrogen) atoms. The van der Waals surface area contributed by atoms with Crippen molar-refractivity contribution in [1.29, 1.82) is 0 Å². The predicted octanol–water partition coefficient (Wildman–Crippen LogP) is 2.18. The lowest BCUT2D eigenvalue weighted by Gasteiger charge is -2.33. The lowest BCUT2D eigenvalue weighted by Crippen LogP contribution is -2.42. The minimum Gasteiger partial charge on any atom is -0.377 e. The molecular weight excluding hydrogens is 306 g/mol. The van der Waals surface area contributed by atoms with Crippen LogP contribution in [0.2, 0.25) is 0 Å². The van der Waals surface area contributed by atoms with Crippen LogP contribution >= 0.6 is 15.9 Å². The van der Waals surface area contributed by atoms with E-state index < -0.39 is 0 Å². The topological polar surface area (TPSA) is 53.1 Å². The third-order valence-electron chi connectivity index (χ3n) is 4.74. The van der Waals surface area contributed by atoms with Gasteiger partial charge < -0.3 is 10.5 Å². The van der Waals surface area contributed by atoms with Gasteiger partial charge in [-0.2, -0.15) is 5.10 Å². The summed E-state index contributed by atoms with van der Waals surface area (Å²) >= 11 is 3.67. The van der Waals surface area contributed by atoms with Crippen LogP contribution in [-0.2, 0) is 18.2 Å². The Labute approximate surface area is 122 Å². The van der Waals surface area contributed by atoms with Crippen molar-refractivity contribution in [3.8, 4) is 0 Å². The van der Waals surface area contributed by atoms with Crippen LogP contribution < -0.4 is 5.73 Å². The molecule has 1 aromatic heterocycles. The van der Waals surface area contributed by atoms with Gasteiger partial charge in [-0.1, -0.05) is 0 Å². The number of rotatable bonds is 4. The molecule has 0 spiro atoms. The van der Waals surface area contributed by atoms with Gasteiger partial charge in [0.1, 0.15) is 0 Å². The summed E-state index contributed by atoms with van der Waals surface area (Å²) in [5.41, 5.74) is 8.55. The molecule has 1 saturated carbocycles. The maximum Gasteiger partial charge on any atom is 0.0738 e. The molecule has 1 aliphatic heterocycles. The number of aromatic nitrogens is 2. The first-order valence-corrected chi connectivity index (χ1v) is 7.86. The molecule has 2 N–H and O–H groups in total. The summed E-state index contributed by atoms with van der Waals surface area (Å²) in [4.78, 5) is 0. The third-order valence-corrected chi connectivity index (χ3v) is 5.77. The van der Waals surface area contributed by atoms with Crippen LogP contribution in [0.1, 0.15) is 30.7 Å². The lowest BCUT2D eigenvalue weighted by molar-refractivity contribution is 0.0336. The van der Waals surface area contributed by atoms with Crippen LogP contribution in [0.3, 0.4) is 0 Å². The number of nitrogens with two attached hydrogens (primary N) is 1. The summed E-state index contributed by atoms with van der Waals surface area (Å²) in [6.07, 6.45) is 4.99. The number of ether oxygens (including phenoxy) is 1. The van der Waals surface area contributed by atoms with Crippen LogP contribution in [0.25, 0.3) is 0 Å². The molecule has 106 valence electrons. The Morgan fingerprint density at radius 1 is 1.53 bits per heavy atom. The van der Waals surface area contributed by atoms with Crippen molar-refractivity contribution >= 4 is 15.9 Å². The van der Waals surface area contributed by atoms with E-state index in [9.17, 15) is 0 Å². The Morgan fingerprint density at radius 3 is 2.79 bits per heavy atom. The lowest BCUT2D eigenvalue weighted by atomic mass is 9.75. The highest BCUT2D eigenvalue weighted by molar-refractivity contribution is 9.10. The molecule has 1 saturated heterocycles. The van der Waals surface area contributed by atoms with Gasteiger partial charge >= 0.3 is 0 Å². The molecule has 0 aromatic carbocycles. The molecular formula is C14H22BrN3O. The van der Waals surface area contributed by atoms with Gasteiger partial charge in [-0.25, -0.2) is 0 Å². The second kappa shape index (κ2) is 4.86. The van der Waals surface area contributed by atoms with E-state index in [-0.39, 0.29) is 5.41 Å². The first-order valence-electron chi connectivity index (χ1n) is 7.07. The van der Waals surface area contributed by atoms with Crippen LogP contribution in [0.15, 0.2) is 4.47 Å². The second-order valence-electron chi connectivity index (χ2n) is 6.09. The molecule has 1 aromatic rings. The Kier molecular flexibility index (Phi) is 3.48. The van der Waals surface area contributed by atoms with Gasteiger partial charge in [0, 0.05) is 25.6 Å². The van der Waals surface area contributed by atoms with Crippen LogP contribution in [0, 0.1) is 18.3 Å². The Hall–Kier alpha value is -0.390. The normalized spacial score (nSPS) is 31.1. The minimum absolute atomic E-state index is 0.101. The monoisotopic (exact) mass is 327 g/mol. The quantitative estimate of drug-likeness (QED) is 0.922. The van der Waals surface area contributed by atoms with E-state index in [1.54, 1.807) is 0 Å². The Bertz CT molecular complexity index is 483. The fourth-order valence-electron chi connectivity index (χ4n) is 3.43. The number of hydrogen-bond donors (Lipinski definition) is 1. The fourth-order valence-corrected chi connectivity index (χ4v) is 3.90. The van der Waals surface area contributed by atoms with Crippen molar-refractivity contribution in [2.45, 2.75) is 38.7 Å². The molecule has 3 rings (SSSR count). The molecule has 2 heterocycles. The van der Waals surface area contributed by atoms with E-state index in [0.29, 0.717) is 12.6 Å². The number of hydrogen-bond acceptors (Lipinski definition) is 3. The summed E-state index contributed by atoms with van der Waals surface area (Å²) in [5.74, 6) is 0.735. The largest absolute Gasteiger partial charge is 0.377 e. The van der Waals surface area contributed by atoms with Crippen molar-refractivity contribution < 1.29 is 4.74 Å². The van der Waals surface area contributed by atoms with Gasteiger partial charge in [0.25, 0.3) is 0 Å². The number of halogens is 1. The molecule has 4 nitrogen and oxygen atoms in total. The van der Waals surface area contributed by atoms with Crippen LogP contribution in [-0.4, -0.2) is 29.0 Å². The average molecular weight is 328 g/mol. The number of nitrogens with zero attached hydrogens (tertiary/aromatic N) is 2. The Balaban J connectivity index is 1.90. The minimum atomic E-state index is 0.101. The zero-order chi connectivity index (χ0) is 13.6. The first kappa shape index (κ1) is 13.6. The maximum atomic E-state index is 6.15. The molecule has 5 heteroatoms. The predicted molar refractivity (Wildman–Crippen MR) is 77.9 cm³/mol. The van der Waals surface area contributed by atoms with Crippen molar-refractivity contribution in [2.24, 2.45) is 24.1 Å². The van der Waals surface area contributed by atoms with Crippen molar-refractivity contribution in [1.82, 2.24) is 9.78 Å². The first-order chi connectivity index (χ1) is 9.07. The van der Waals surface area contributed by atoms with Crippen molar-refractivity contribution in [3.05, 3.63) is 15.9 Å². The third kappa shape index (κ3) is 2.26. The molecule has 1 aliphatic carbocycles. The van der Waals surface area contributed by atoms with E-state index in [0.717, 1.165) is 35.5 Å². The van der Waals surface area contributed by atoms with E-state index in [4.69, 9.17) is 10.5 Å². The summed E-state index contributed by atoms with van der Waals surface area (Å²) in [6, 6.07) is 0. The molecule has 2 fully saturated rings. The van der Waals surface area contributed by atoms with Gasteiger partial charge in [-0.3, -0.25) is 4.68 Å². The number of aryl methyl sites for hydroxylation is 2. The van der Waals surface area contributed by atoms with E-state index in [1.807, 2.05) is 18.7 Å². The highest BCUT2D eigenvalue weighted by Gasteiger charge is 2.50. The SMILES string of the molecule is Cc1nn(C)c(CC2(CN)CCOC2C2CC2)c1Br. The highest BCUT2D eigenvalue weighted by Crippen LogP contribution is 2.49. The second-order valence-corrected chi connectivity index (χ2v) is 6.88. The van der Waals surface area contributed by atoms with Gasteiger partial charge in [-0.15, -0.1) is 0 Å². The summed E-state index contributed by atoms with van der Waals surface area (Å²) in [5, 5.41) is 4.49. The highest BCUT2D eigenvalue weighted by atomic mass is 79.9. The van der Waals surface area contributed by atoms with E-state index >= 15 is 0 Å². The molecule has 2 aliphatic rings. The molecule has 0 bridgehead atoms. The van der Waals surface area contributed by atoms with E-state index in [2.05, 4.69) is 21.0 Å². The maximum absolute atomic E-state index is 6.15. The molecule has 2 atom stereocenters. The molecule has 0 radical (unpaired) electrons. The zero-order valence-electron chi connectivity index (χ0n) is 11.7.